The Kier molecular flexibility index (Phi) is 5.91. The van der Waals surface area contributed by atoms with E-state index in [0.29, 0.717) is 13.0 Å². The van der Waals surface area contributed by atoms with Gasteiger partial charge in [-0.1, -0.05) is 6.07 Å². The molecular formula is C21H22F2N2O5. The van der Waals surface area contributed by atoms with E-state index < -0.39 is 35.4 Å². The number of hydrogen-bond donors (Lipinski definition) is 1. The Labute approximate surface area is 172 Å². The largest absolute Gasteiger partial charge is 0.478 e. The highest BCUT2D eigenvalue weighted by molar-refractivity contribution is 5.89. The van der Waals surface area contributed by atoms with Crippen molar-refractivity contribution in [3.05, 3.63) is 47.7 Å². The number of pyridine rings is 1. The first-order valence-corrected chi connectivity index (χ1v) is 9.37. The lowest BCUT2D eigenvalue weighted by Gasteiger charge is -2.24. The van der Waals surface area contributed by atoms with Crippen molar-refractivity contribution in [1.29, 1.82) is 0 Å². The van der Waals surface area contributed by atoms with E-state index in [2.05, 4.69) is 4.98 Å². The van der Waals surface area contributed by atoms with Crippen LogP contribution in [0, 0.1) is 11.6 Å². The summed E-state index contributed by atoms with van der Waals surface area (Å²) in [6, 6.07) is 4.50. The number of carboxylic acids is 1. The number of rotatable bonds is 4. The zero-order valence-corrected chi connectivity index (χ0v) is 16.8. The molecule has 160 valence electrons. The van der Waals surface area contributed by atoms with E-state index in [1.807, 2.05) is 0 Å². The van der Waals surface area contributed by atoms with Gasteiger partial charge >= 0.3 is 12.1 Å². The molecule has 1 saturated heterocycles. The van der Waals surface area contributed by atoms with Gasteiger partial charge in [0.15, 0.2) is 11.6 Å². The predicted octanol–water partition coefficient (Wildman–Crippen LogP) is 4.11. The Morgan fingerprint density at radius 3 is 2.57 bits per heavy atom. The molecule has 0 saturated carbocycles. The van der Waals surface area contributed by atoms with Gasteiger partial charge in [0.1, 0.15) is 11.7 Å². The van der Waals surface area contributed by atoms with Crippen LogP contribution in [-0.2, 0) is 4.74 Å². The first-order chi connectivity index (χ1) is 14.0. The lowest BCUT2D eigenvalue weighted by Crippen LogP contribution is -2.36. The Morgan fingerprint density at radius 2 is 1.93 bits per heavy atom. The third kappa shape index (κ3) is 5.03. The molecule has 3 rings (SSSR count). The number of hydrogen-bond acceptors (Lipinski definition) is 5. The summed E-state index contributed by atoms with van der Waals surface area (Å²) in [6.07, 6.45) is 0.772. The molecule has 1 fully saturated rings. The maximum atomic E-state index is 13.7. The molecular weight excluding hydrogens is 398 g/mol. The van der Waals surface area contributed by atoms with E-state index in [4.69, 9.17) is 9.47 Å². The maximum Gasteiger partial charge on any atom is 0.410 e. The summed E-state index contributed by atoms with van der Waals surface area (Å²) in [7, 11) is 0. The number of nitrogens with zero attached hydrogens (tertiary/aromatic N) is 2. The van der Waals surface area contributed by atoms with Crippen molar-refractivity contribution in [1.82, 2.24) is 9.88 Å². The van der Waals surface area contributed by atoms with Crippen molar-refractivity contribution in [2.45, 2.75) is 38.9 Å². The smallest absolute Gasteiger partial charge is 0.410 e. The number of carbonyl (C=O) groups excluding carboxylic acids is 1. The predicted molar refractivity (Wildman–Crippen MR) is 103 cm³/mol. The zero-order valence-electron chi connectivity index (χ0n) is 16.8. The maximum absolute atomic E-state index is 13.7. The van der Waals surface area contributed by atoms with Crippen LogP contribution >= 0.6 is 0 Å². The average molecular weight is 420 g/mol. The normalized spacial score (nSPS) is 16.4. The molecule has 1 amide bonds. The van der Waals surface area contributed by atoms with Crippen LogP contribution in [0.3, 0.4) is 0 Å². The number of likely N-dealkylation sites (tertiary alicyclic amines) is 1. The van der Waals surface area contributed by atoms with Gasteiger partial charge in [-0.15, -0.1) is 0 Å². The van der Waals surface area contributed by atoms with E-state index in [1.54, 1.807) is 20.8 Å². The van der Waals surface area contributed by atoms with E-state index in [-0.39, 0.29) is 29.1 Å². The molecule has 1 aliphatic heterocycles. The van der Waals surface area contributed by atoms with Crippen LogP contribution in [0.25, 0.3) is 11.1 Å². The molecule has 0 bridgehead atoms. The Morgan fingerprint density at radius 1 is 1.20 bits per heavy atom. The van der Waals surface area contributed by atoms with Gasteiger partial charge in [-0.3, -0.25) is 0 Å². The molecule has 7 nitrogen and oxygen atoms in total. The second-order valence-corrected chi connectivity index (χ2v) is 7.97. The van der Waals surface area contributed by atoms with Crippen LogP contribution in [-0.4, -0.2) is 51.8 Å². The van der Waals surface area contributed by atoms with Crippen molar-refractivity contribution < 1.29 is 33.0 Å². The molecule has 0 radical (unpaired) electrons. The lowest BCUT2D eigenvalue weighted by atomic mass is 10.0. The Hall–Kier alpha value is -3.23. The van der Waals surface area contributed by atoms with Gasteiger partial charge in [0.25, 0.3) is 0 Å². The fourth-order valence-electron chi connectivity index (χ4n) is 3.01. The molecule has 1 atom stereocenters. The standard InChI is InChI=1S/C21H22F2N2O5/c1-21(2,3)30-20(28)25-7-6-14(11-25)29-18-15(8-13(10-24-18)19(26)27)12-4-5-16(22)17(23)9-12/h4-5,8-10,14H,6-7,11H2,1-3H3,(H,26,27)/t14-/m0/s1. The van der Waals surface area contributed by atoms with Gasteiger partial charge in [0, 0.05) is 24.7 Å². The van der Waals surface area contributed by atoms with Crippen molar-refractivity contribution >= 4 is 12.1 Å². The average Bonchev–Trinajstić information content (AvgIpc) is 3.11. The monoisotopic (exact) mass is 420 g/mol. The zero-order chi connectivity index (χ0) is 22.1. The molecule has 1 N–H and O–H groups in total. The molecule has 0 spiro atoms. The summed E-state index contributed by atoms with van der Waals surface area (Å²) in [6.45, 7) is 6.01. The topological polar surface area (TPSA) is 89.0 Å². The molecule has 9 heteroatoms. The number of carboxylic acid groups (broad SMARTS) is 1. The highest BCUT2D eigenvalue weighted by Crippen LogP contribution is 2.32. The van der Waals surface area contributed by atoms with E-state index in [0.717, 1.165) is 18.3 Å². The number of aromatic carboxylic acids is 1. The molecule has 0 aliphatic carbocycles. The van der Waals surface area contributed by atoms with E-state index in [9.17, 15) is 23.5 Å². The second-order valence-electron chi connectivity index (χ2n) is 7.97. The fraction of sp³-hybridized carbons (Fsp3) is 0.381. The van der Waals surface area contributed by atoms with Crippen LogP contribution in [0.15, 0.2) is 30.5 Å². The summed E-state index contributed by atoms with van der Waals surface area (Å²) in [4.78, 5) is 29.1. The first-order valence-electron chi connectivity index (χ1n) is 9.37. The van der Waals surface area contributed by atoms with Crippen LogP contribution in [0.5, 0.6) is 5.88 Å². The van der Waals surface area contributed by atoms with Crippen molar-refractivity contribution in [3.8, 4) is 17.0 Å². The van der Waals surface area contributed by atoms with Crippen molar-refractivity contribution in [3.63, 3.8) is 0 Å². The highest BCUT2D eigenvalue weighted by Gasteiger charge is 2.31. The summed E-state index contributed by atoms with van der Waals surface area (Å²) in [5, 5.41) is 9.25. The summed E-state index contributed by atoms with van der Waals surface area (Å²) < 4.78 is 38.3. The van der Waals surface area contributed by atoms with Crippen molar-refractivity contribution in [2.24, 2.45) is 0 Å². The Balaban J connectivity index is 1.83. The van der Waals surface area contributed by atoms with E-state index >= 15 is 0 Å². The van der Waals surface area contributed by atoms with Gasteiger partial charge in [-0.05, 0) is 44.5 Å². The van der Waals surface area contributed by atoms with Crippen molar-refractivity contribution in [2.75, 3.05) is 13.1 Å². The van der Waals surface area contributed by atoms with Crippen LogP contribution in [0.2, 0.25) is 0 Å². The molecule has 2 heterocycles. The number of halogens is 2. The third-order valence-corrected chi connectivity index (χ3v) is 4.40. The van der Waals surface area contributed by atoms with Crippen LogP contribution in [0.4, 0.5) is 13.6 Å². The fourth-order valence-corrected chi connectivity index (χ4v) is 3.01. The molecule has 0 unspecified atom stereocenters. The number of amides is 1. The summed E-state index contributed by atoms with van der Waals surface area (Å²) in [5.74, 6) is -3.24. The molecule has 1 aliphatic rings. The van der Waals surface area contributed by atoms with Crippen LogP contribution in [0.1, 0.15) is 37.6 Å². The highest BCUT2D eigenvalue weighted by atomic mass is 19.2. The molecule has 1 aromatic heterocycles. The summed E-state index contributed by atoms with van der Waals surface area (Å²) in [5.41, 5.74) is -0.306. The number of carbonyl (C=O) groups is 2. The lowest BCUT2D eigenvalue weighted by molar-refractivity contribution is 0.0274. The number of ether oxygens (including phenoxy) is 2. The SMILES string of the molecule is CC(C)(C)OC(=O)N1CC[C@H](Oc2ncc(C(=O)O)cc2-c2ccc(F)c(F)c2)C1. The third-order valence-electron chi connectivity index (χ3n) is 4.40. The van der Waals surface area contributed by atoms with Crippen LogP contribution < -0.4 is 4.74 Å². The minimum absolute atomic E-state index is 0.0713. The minimum Gasteiger partial charge on any atom is -0.478 e. The Bertz CT molecular complexity index is 974. The minimum atomic E-state index is -1.21. The number of aromatic nitrogens is 1. The second kappa shape index (κ2) is 8.25. The van der Waals surface area contributed by atoms with Gasteiger partial charge in [-0.25, -0.2) is 23.4 Å². The van der Waals surface area contributed by atoms with E-state index in [1.165, 1.54) is 17.0 Å². The van der Waals surface area contributed by atoms with Gasteiger partial charge < -0.3 is 19.5 Å². The van der Waals surface area contributed by atoms with Gasteiger partial charge in [0.2, 0.25) is 5.88 Å². The molecule has 1 aromatic carbocycles. The summed E-state index contributed by atoms with van der Waals surface area (Å²) >= 11 is 0. The molecule has 2 aromatic rings. The number of benzene rings is 1. The quantitative estimate of drug-likeness (QED) is 0.801. The molecule has 30 heavy (non-hydrogen) atoms. The van der Waals surface area contributed by atoms with Gasteiger partial charge in [0.05, 0.1) is 12.1 Å². The van der Waals surface area contributed by atoms with Gasteiger partial charge in [-0.2, -0.15) is 0 Å². The first kappa shape index (κ1) is 21.5.